The quantitative estimate of drug-likeness (QED) is 0.460. The molecule has 0 saturated heterocycles. The molecule has 11 heavy (non-hydrogen) atoms. The number of ether oxygens (including phenoxy) is 1. The highest BCUT2D eigenvalue weighted by Gasteiger charge is 2.05. The summed E-state index contributed by atoms with van der Waals surface area (Å²) in [5, 5.41) is 0. The summed E-state index contributed by atoms with van der Waals surface area (Å²) < 4.78 is 4.79. The van der Waals surface area contributed by atoms with Crippen molar-refractivity contribution in [2.45, 2.75) is 27.2 Å². The van der Waals surface area contributed by atoms with E-state index in [1.165, 1.54) is 0 Å². The third kappa shape index (κ3) is 5.64. The van der Waals surface area contributed by atoms with Gasteiger partial charge in [-0.15, -0.1) is 0 Å². The zero-order valence-corrected chi connectivity index (χ0v) is 7.46. The lowest BCUT2D eigenvalue weighted by Crippen LogP contribution is -2.07. The lowest BCUT2D eigenvalue weighted by Gasteiger charge is -2.04. The Morgan fingerprint density at radius 3 is 2.73 bits per heavy atom. The fourth-order valence-electron chi connectivity index (χ4n) is 0.879. The van der Waals surface area contributed by atoms with Gasteiger partial charge in [-0.2, -0.15) is 0 Å². The molecule has 0 aromatic rings. The van der Waals surface area contributed by atoms with Crippen LogP contribution in [-0.2, 0) is 9.53 Å². The molecule has 0 amide bonds. The van der Waals surface area contributed by atoms with E-state index in [0.29, 0.717) is 18.9 Å². The van der Waals surface area contributed by atoms with E-state index in [9.17, 15) is 4.79 Å². The predicted octanol–water partition coefficient (Wildman–Crippen LogP) is 2.15. The summed E-state index contributed by atoms with van der Waals surface area (Å²) in [6, 6.07) is 0. The van der Waals surface area contributed by atoms with Crippen LogP contribution in [0.5, 0.6) is 0 Å². The lowest BCUT2D eigenvalue weighted by molar-refractivity contribution is -0.143. The Kier molecular flexibility index (Phi) is 5.53. The Morgan fingerprint density at radius 2 is 2.27 bits per heavy atom. The van der Waals surface area contributed by atoms with Crippen LogP contribution >= 0.6 is 0 Å². The van der Waals surface area contributed by atoms with Gasteiger partial charge in [0.2, 0.25) is 0 Å². The van der Waals surface area contributed by atoms with Crippen LogP contribution in [0, 0.1) is 5.92 Å². The molecule has 0 spiro atoms. The van der Waals surface area contributed by atoms with Crippen molar-refractivity contribution >= 4 is 5.97 Å². The molecule has 0 radical (unpaired) electrons. The monoisotopic (exact) mass is 156 g/mol. The van der Waals surface area contributed by atoms with Gasteiger partial charge in [-0.1, -0.05) is 19.1 Å². The van der Waals surface area contributed by atoms with E-state index in [4.69, 9.17) is 4.74 Å². The number of esters is 1. The third-order valence-electron chi connectivity index (χ3n) is 1.31. The molecule has 0 aliphatic rings. The highest BCUT2D eigenvalue weighted by Crippen LogP contribution is 2.04. The van der Waals surface area contributed by atoms with E-state index < -0.39 is 0 Å². The molecular formula is C9H16O2. The Bertz CT molecular complexity index is 138. The molecule has 0 bridgehead atoms. The standard InChI is InChI=1S/C9H16O2/c1-4-6-8(3)7-9(10)11-5-2/h4,6,8H,5,7H2,1-3H3/t8-/m0/s1. The molecule has 0 saturated carbocycles. The number of hydrogen-bond acceptors (Lipinski definition) is 2. The van der Waals surface area contributed by atoms with Crippen molar-refractivity contribution in [1.29, 1.82) is 0 Å². The molecule has 0 aliphatic carbocycles. The minimum absolute atomic E-state index is 0.113. The minimum atomic E-state index is -0.113. The molecule has 0 heterocycles. The van der Waals surface area contributed by atoms with Gasteiger partial charge in [-0.25, -0.2) is 0 Å². The Morgan fingerprint density at radius 1 is 1.64 bits per heavy atom. The second-order valence-electron chi connectivity index (χ2n) is 2.51. The first-order valence-electron chi connectivity index (χ1n) is 3.99. The zero-order valence-electron chi connectivity index (χ0n) is 7.46. The van der Waals surface area contributed by atoms with Crippen LogP contribution in [0.3, 0.4) is 0 Å². The van der Waals surface area contributed by atoms with Gasteiger partial charge in [0.15, 0.2) is 0 Å². The summed E-state index contributed by atoms with van der Waals surface area (Å²) in [4.78, 5) is 10.9. The third-order valence-corrected chi connectivity index (χ3v) is 1.31. The highest BCUT2D eigenvalue weighted by atomic mass is 16.5. The van der Waals surface area contributed by atoms with Crippen LogP contribution in [-0.4, -0.2) is 12.6 Å². The van der Waals surface area contributed by atoms with E-state index >= 15 is 0 Å². The number of carbonyl (C=O) groups is 1. The maximum absolute atomic E-state index is 10.9. The number of rotatable bonds is 4. The summed E-state index contributed by atoms with van der Waals surface area (Å²) in [6.07, 6.45) is 4.43. The molecule has 0 aliphatic heterocycles. The van der Waals surface area contributed by atoms with Crippen molar-refractivity contribution in [3.8, 4) is 0 Å². The fraction of sp³-hybridized carbons (Fsp3) is 0.667. The molecule has 2 heteroatoms. The average molecular weight is 156 g/mol. The summed E-state index contributed by atoms with van der Waals surface area (Å²) in [7, 11) is 0. The normalized spacial score (nSPS) is 13.4. The average Bonchev–Trinajstić information content (AvgIpc) is 1.87. The maximum atomic E-state index is 10.9. The highest BCUT2D eigenvalue weighted by molar-refractivity contribution is 5.69. The lowest BCUT2D eigenvalue weighted by atomic mass is 10.1. The van der Waals surface area contributed by atoms with Crippen molar-refractivity contribution in [1.82, 2.24) is 0 Å². The number of allylic oxidation sites excluding steroid dienone is 2. The first-order valence-corrected chi connectivity index (χ1v) is 3.99. The molecule has 0 N–H and O–H groups in total. The van der Waals surface area contributed by atoms with Crippen molar-refractivity contribution in [2.75, 3.05) is 6.61 Å². The summed E-state index contributed by atoms with van der Waals surface area (Å²) in [5.41, 5.74) is 0. The van der Waals surface area contributed by atoms with Crippen LogP contribution in [0.1, 0.15) is 27.2 Å². The topological polar surface area (TPSA) is 26.3 Å². The molecule has 1 atom stereocenters. The largest absolute Gasteiger partial charge is 0.466 e. The SMILES string of the molecule is CC=C[C@H](C)CC(=O)OCC. The molecule has 0 aromatic carbocycles. The smallest absolute Gasteiger partial charge is 0.306 e. The molecular weight excluding hydrogens is 140 g/mol. The first-order chi connectivity index (χ1) is 5.20. The van der Waals surface area contributed by atoms with E-state index in [1.807, 2.05) is 32.9 Å². The van der Waals surface area contributed by atoms with Crippen LogP contribution < -0.4 is 0 Å². The van der Waals surface area contributed by atoms with Crippen LogP contribution in [0.4, 0.5) is 0 Å². The van der Waals surface area contributed by atoms with Crippen molar-refractivity contribution in [3.63, 3.8) is 0 Å². The second kappa shape index (κ2) is 5.96. The van der Waals surface area contributed by atoms with Crippen molar-refractivity contribution < 1.29 is 9.53 Å². The molecule has 64 valence electrons. The summed E-state index contributed by atoms with van der Waals surface area (Å²) in [5.74, 6) is 0.178. The predicted molar refractivity (Wildman–Crippen MR) is 45.2 cm³/mol. The molecule has 0 aromatic heterocycles. The van der Waals surface area contributed by atoms with Gasteiger partial charge in [0.05, 0.1) is 13.0 Å². The Hall–Kier alpha value is -0.790. The van der Waals surface area contributed by atoms with Crippen LogP contribution in [0.15, 0.2) is 12.2 Å². The molecule has 0 rings (SSSR count). The number of carbonyl (C=O) groups excluding carboxylic acids is 1. The summed E-state index contributed by atoms with van der Waals surface area (Å²) >= 11 is 0. The molecule has 0 unspecified atom stereocenters. The van der Waals surface area contributed by atoms with Crippen LogP contribution in [0.2, 0.25) is 0 Å². The van der Waals surface area contributed by atoms with E-state index in [1.54, 1.807) is 0 Å². The Balaban J connectivity index is 3.57. The molecule has 0 fully saturated rings. The van der Waals surface area contributed by atoms with Gasteiger partial charge < -0.3 is 4.74 Å². The summed E-state index contributed by atoms with van der Waals surface area (Å²) in [6.45, 7) is 6.23. The fourth-order valence-corrected chi connectivity index (χ4v) is 0.879. The van der Waals surface area contributed by atoms with Gasteiger partial charge in [0.25, 0.3) is 0 Å². The van der Waals surface area contributed by atoms with E-state index in [0.717, 1.165) is 0 Å². The van der Waals surface area contributed by atoms with Gasteiger partial charge >= 0.3 is 5.97 Å². The van der Waals surface area contributed by atoms with Gasteiger partial charge in [-0.3, -0.25) is 4.79 Å². The number of hydrogen-bond donors (Lipinski definition) is 0. The van der Waals surface area contributed by atoms with Crippen molar-refractivity contribution in [3.05, 3.63) is 12.2 Å². The van der Waals surface area contributed by atoms with Gasteiger partial charge in [0.1, 0.15) is 0 Å². The van der Waals surface area contributed by atoms with E-state index in [-0.39, 0.29) is 5.97 Å². The second-order valence-corrected chi connectivity index (χ2v) is 2.51. The first kappa shape index (κ1) is 10.2. The maximum Gasteiger partial charge on any atom is 0.306 e. The van der Waals surface area contributed by atoms with E-state index in [2.05, 4.69) is 0 Å². The van der Waals surface area contributed by atoms with Crippen molar-refractivity contribution in [2.24, 2.45) is 5.92 Å². The van der Waals surface area contributed by atoms with Gasteiger partial charge in [0, 0.05) is 0 Å². The zero-order chi connectivity index (χ0) is 8.69. The van der Waals surface area contributed by atoms with Crippen LogP contribution in [0.25, 0.3) is 0 Å². The minimum Gasteiger partial charge on any atom is -0.466 e. The molecule has 2 nitrogen and oxygen atoms in total. The van der Waals surface area contributed by atoms with Gasteiger partial charge in [-0.05, 0) is 19.8 Å². The Labute approximate surface area is 68.2 Å².